The molecular weight excluding hydrogens is 369 g/mol. The number of nitriles is 1. The summed E-state index contributed by atoms with van der Waals surface area (Å²) in [6, 6.07) is 19.1. The molecule has 0 saturated carbocycles. The van der Waals surface area contributed by atoms with Crippen LogP contribution in [0.1, 0.15) is 16.1 Å². The van der Waals surface area contributed by atoms with Crippen LogP contribution < -0.4 is 0 Å². The molecule has 0 atom stereocenters. The summed E-state index contributed by atoms with van der Waals surface area (Å²) < 4.78 is 39.3. The molecule has 0 bridgehead atoms. The van der Waals surface area contributed by atoms with Crippen LogP contribution in [-0.2, 0) is 6.18 Å². The van der Waals surface area contributed by atoms with Crippen molar-refractivity contribution in [3.8, 4) is 6.07 Å². The lowest BCUT2D eigenvalue weighted by molar-refractivity contribution is -0.137. The predicted octanol–water partition coefficient (Wildman–Crippen LogP) is 6.53. The highest BCUT2D eigenvalue weighted by atomic mass is 32.1. The van der Waals surface area contributed by atoms with Crippen LogP contribution in [0.3, 0.4) is 0 Å². The van der Waals surface area contributed by atoms with Crippen molar-refractivity contribution in [2.24, 2.45) is 0 Å². The van der Waals surface area contributed by atoms with Gasteiger partial charge >= 0.3 is 6.18 Å². The van der Waals surface area contributed by atoms with Crippen molar-refractivity contribution in [1.29, 1.82) is 5.26 Å². The molecule has 6 heteroatoms. The second kappa shape index (κ2) is 6.53. The predicted molar refractivity (Wildman–Crippen MR) is 102 cm³/mol. The van der Waals surface area contributed by atoms with E-state index in [-0.39, 0.29) is 5.52 Å². The highest BCUT2D eigenvalue weighted by Crippen LogP contribution is 2.34. The molecule has 0 N–H and O–H groups in total. The van der Waals surface area contributed by atoms with Gasteiger partial charge < -0.3 is 0 Å². The second-order valence-corrected chi connectivity index (χ2v) is 6.97. The van der Waals surface area contributed by atoms with Gasteiger partial charge in [-0.2, -0.15) is 18.4 Å². The number of hydrogen-bond acceptors (Lipinski definition) is 3. The van der Waals surface area contributed by atoms with E-state index in [1.54, 1.807) is 6.08 Å². The van der Waals surface area contributed by atoms with E-state index in [2.05, 4.69) is 11.1 Å². The minimum Gasteiger partial charge on any atom is -0.235 e. The lowest BCUT2D eigenvalue weighted by Gasteiger charge is -2.04. The van der Waals surface area contributed by atoms with E-state index in [9.17, 15) is 18.4 Å². The Morgan fingerprint density at radius 2 is 1.81 bits per heavy atom. The number of allylic oxidation sites excluding steroid dienone is 1. The molecule has 0 spiro atoms. The van der Waals surface area contributed by atoms with Crippen molar-refractivity contribution in [3.05, 3.63) is 76.8 Å². The lowest BCUT2D eigenvalue weighted by atomic mass is 10.0. The lowest BCUT2D eigenvalue weighted by Crippen LogP contribution is -2.03. The smallest absolute Gasteiger partial charge is 0.235 e. The Morgan fingerprint density at radius 3 is 2.59 bits per heavy atom. The highest BCUT2D eigenvalue weighted by molar-refractivity contribution is 7.19. The van der Waals surface area contributed by atoms with Crippen molar-refractivity contribution in [1.82, 2.24) is 4.98 Å². The topological polar surface area (TPSA) is 36.7 Å². The fourth-order valence-corrected chi connectivity index (χ4v) is 3.80. The first-order valence-electron chi connectivity index (χ1n) is 8.03. The Bertz CT molecular complexity index is 1220. The van der Waals surface area contributed by atoms with E-state index in [0.717, 1.165) is 28.5 Å². The summed E-state index contributed by atoms with van der Waals surface area (Å²) in [5.74, 6) is 0. The third-order valence-electron chi connectivity index (χ3n) is 4.19. The molecule has 1 heterocycles. The van der Waals surface area contributed by atoms with Gasteiger partial charge in [-0.15, -0.1) is 11.3 Å². The van der Waals surface area contributed by atoms with Crippen LogP contribution in [-0.4, -0.2) is 4.98 Å². The summed E-state index contributed by atoms with van der Waals surface area (Å²) >= 11 is 1.20. The molecule has 0 fully saturated rings. The maximum Gasteiger partial charge on any atom is 0.416 e. The number of halogens is 3. The molecule has 2 nitrogen and oxygen atoms in total. The number of fused-ring (bicyclic) bond motifs is 2. The standard InChI is InChI=1S/C21H11F3N2S/c22-21(23,24)16-8-9-19-18(11-16)26-20(27-19)15(12-25)10-14-6-3-5-13-4-1-2-7-17(13)14/h1-11H/b15-10+. The van der Waals surface area contributed by atoms with Crippen LogP contribution >= 0.6 is 11.3 Å². The van der Waals surface area contributed by atoms with Crippen LogP contribution in [0.15, 0.2) is 60.7 Å². The zero-order valence-electron chi connectivity index (χ0n) is 13.8. The largest absolute Gasteiger partial charge is 0.416 e. The molecule has 0 unspecified atom stereocenters. The number of hydrogen-bond donors (Lipinski definition) is 0. The molecule has 0 aliphatic rings. The van der Waals surface area contributed by atoms with Crippen LogP contribution in [0, 0.1) is 11.3 Å². The molecule has 4 rings (SSSR count). The summed E-state index contributed by atoms with van der Waals surface area (Å²) in [6.45, 7) is 0. The number of rotatable bonds is 2. The summed E-state index contributed by atoms with van der Waals surface area (Å²) in [6.07, 6.45) is -2.69. The van der Waals surface area contributed by atoms with E-state index >= 15 is 0 Å². The second-order valence-electron chi connectivity index (χ2n) is 5.94. The van der Waals surface area contributed by atoms with E-state index in [0.29, 0.717) is 15.3 Å². The number of alkyl halides is 3. The molecule has 0 saturated heterocycles. The first-order chi connectivity index (χ1) is 13.0. The average molecular weight is 380 g/mol. The fourth-order valence-electron chi connectivity index (χ4n) is 2.89. The zero-order chi connectivity index (χ0) is 19.0. The maximum absolute atomic E-state index is 12.9. The first-order valence-corrected chi connectivity index (χ1v) is 8.85. The SMILES string of the molecule is N#C/C(=C\c1cccc2ccccc12)c1nc2cc(C(F)(F)F)ccc2s1. The summed E-state index contributed by atoms with van der Waals surface area (Å²) in [7, 11) is 0. The van der Waals surface area contributed by atoms with Gasteiger partial charge in [-0.3, -0.25) is 0 Å². The van der Waals surface area contributed by atoms with Gasteiger partial charge in [0.05, 0.1) is 21.4 Å². The molecule has 0 radical (unpaired) electrons. The van der Waals surface area contributed by atoms with Gasteiger partial charge in [-0.25, -0.2) is 4.98 Å². The van der Waals surface area contributed by atoms with Crippen LogP contribution in [0.4, 0.5) is 13.2 Å². The minimum atomic E-state index is -4.42. The van der Waals surface area contributed by atoms with Gasteiger partial charge in [0.1, 0.15) is 11.1 Å². The number of thiazole rings is 1. The summed E-state index contributed by atoms with van der Waals surface area (Å²) in [5.41, 5.74) is 0.674. The van der Waals surface area contributed by atoms with Crippen molar-refractivity contribution in [3.63, 3.8) is 0 Å². The van der Waals surface area contributed by atoms with E-state index < -0.39 is 11.7 Å². The Kier molecular flexibility index (Phi) is 4.17. The maximum atomic E-state index is 12.9. The molecule has 27 heavy (non-hydrogen) atoms. The third kappa shape index (κ3) is 3.29. The number of benzene rings is 3. The molecule has 0 aliphatic heterocycles. The van der Waals surface area contributed by atoms with Crippen molar-refractivity contribution < 1.29 is 13.2 Å². The van der Waals surface area contributed by atoms with Gasteiger partial charge in [0.2, 0.25) is 0 Å². The van der Waals surface area contributed by atoms with E-state index in [1.807, 2.05) is 42.5 Å². The quantitative estimate of drug-likeness (QED) is 0.371. The molecule has 0 amide bonds. The molecule has 1 aromatic heterocycles. The number of aromatic nitrogens is 1. The molecule has 4 aromatic rings. The van der Waals surface area contributed by atoms with Gasteiger partial charge in [-0.05, 0) is 40.6 Å². The van der Waals surface area contributed by atoms with Crippen molar-refractivity contribution in [2.75, 3.05) is 0 Å². The summed E-state index contributed by atoms with van der Waals surface area (Å²) in [5, 5.41) is 12.0. The summed E-state index contributed by atoms with van der Waals surface area (Å²) in [4.78, 5) is 4.26. The minimum absolute atomic E-state index is 0.240. The van der Waals surface area contributed by atoms with Crippen molar-refractivity contribution in [2.45, 2.75) is 6.18 Å². The third-order valence-corrected chi connectivity index (χ3v) is 5.26. The highest BCUT2D eigenvalue weighted by Gasteiger charge is 2.30. The van der Waals surface area contributed by atoms with Gasteiger partial charge in [0, 0.05) is 0 Å². The molecular formula is C21H11F3N2S. The van der Waals surface area contributed by atoms with Gasteiger partial charge in [-0.1, -0.05) is 42.5 Å². The van der Waals surface area contributed by atoms with Crippen LogP contribution in [0.2, 0.25) is 0 Å². The van der Waals surface area contributed by atoms with Crippen LogP contribution in [0.5, 0.6) is 0 Å². The monoisotopic (exact) mass is 380 g/mol. The molecule has 3 aromatic carbocycles. The molecule has 132 valence electrons. The Labute approximate surface area is 156 Å². The Morgan fingerprint density at radius 1 is 1.04 bits per heavy atom. The molecule has 0 aliphatic carbocycles. The average Bonchev–Trinajstić information content (AvgIpc) is 3.08. The number of nitrogens with zero attached hydrogens (tertiary/aromatic N) is 2. The van der Waals surface area contributed by atoms with Crippen molar-refractivity contribution >= 4 is 44.0 Å². The Hall–Kier alpha value is -3.17. The van der Waals surface area contributed by atoms with Crippen LogP contribution in [0.25, 0.3) is 32.6 Å². The fraction of sp³-hybridized carbons (Fsp3) is 0.0476. The van der Waals surface area contributed by atoms with E-state index in [4.69, 9.17) is 0 Å². The first kappa shape index (κ1) is 17.3. The Balaban J connectivity index is 1.83. The normalized spacial score (nSPS) is 12.4. The van der Waals surface area contributed by atoms with E-state index in [1.165, 1.54) is 17.4 Å². The van der Waals surface area contributed by atoms with Gasteiger partial charge in [0.25, 0.3) is 0 Å². The zero-order valence-corrected chi connectivity index (χ0v) is 14.6. The van der Waals surface area contributed by atoms with Gasteiger partial charge in [0.15, 0.2) is 0 Å².